The Morgan fingerprint density at radius 2 is 2.12 bits per heavy atom. The molecular formula is C5H11LiO2. The number of carbonyl (C=O) groups excluding carboxylic acids is 1. The summed E-state index contributed by atoms with van der Waals surface area (Å²) in [5, 5.41) is 0. The maximum atomic E-state index is 10.2. The Hall–Kier alpha value is 0.0674. The number of esters is 1. The van der Waals surface area contributed by atoms with E-state index in [0.717, 1.165) is 6.42 Å². The molecule has 2 nitrogen and oxygen atoms in total. The average molecular weight is 110 g/mol. The van der Waals surface area contributed by atoms with Gasteiger partial charge in [0.25, 0.3) is 0 Å². The van der Waals surface area contributed by atoms with Crippen LogP contribution in [0.2, 0.25) is 0 Å². The summed E-state index contributed by atoms with van der Waals surface area (Å²) < 4.78 is 4.35. The summed E-state index contributed by atoms with van der Waals surface area (Å²) in [5.74, 6) is -0.123. The van der Waals surface area contributed by atoms with Crippen molar-refractivity contribution < 1.29 is 9.53 Å². The number of carbonyl (C=O) groups is 1. The molecule has 0 saturated heterocycles. The van der Waals surface area contributed by atoms with E-state index in [2.05, 4.69) is 4.74 Å². The number of methoxy groups -OCH3 is 1. The van der Waals surface area contributed by atoms with Crippen molar-refractivity contribution in [3.05, 3.63) is 0 Å². The van der Waals surface area contributed by atoms with Gasteiger partial charge in [0, 0.05) is 6.42 Å². The molecule has 0 aliphatic heterocycles. The first-order valence-corrected chi connectivity index (χ1v) is 2.38. The van der Waals surface area contributed by atoms with Crippen LogP contribution >= 0.6 is 0 Å². The molecule has 0 aliphatic carbocycles. The van der Waals surface area contributed by atoms with Gasteiger partial charge in [-0.15, -0.1) is 0 Å². The molecule has 3 heteroatoms. The summed E-state index contributed by atoms with van der Waals surface area (Å²) in [6, 6.07) is 0. The fourth-order valence-electron chi connectivity index (χ4n) is 0.306. The Bertz CT molecular complexity index is 63.4. The van der Waals surface area contributed by atoms with Gasteiger partial charge in [-0.3, -0.25) is 4.79 Å². The fraction of sp³-hybridized carbons (Fsp3) is 0.800. The van der Waals surface area contributed by atoms with Gasteiger partial charge >= 0.3 is 24.8 Å². The van der Waals surface area contributed by atoms with E-state index in [9.17, 15) is 4.79 Å². The second kappa shape index (κ2) is 7.07. The molecule has 0 aromatic rings. The van der Waals surface area contributed by atoms with Crippen LogP contribution in [0.25, 0.3) is 0 Å². The van der Waals surface area contributed by atoms with Gasteiger partial charge in [0.1, 0.15) is 0 Å². The maximum absolute atomic E-state index is 10.2. The monoisotopic (exact) mass is 110 g/mol. The number of hydrogen-bond donors (Lipinski definition) is 0. The van der Waals surface area contributed by atoms with E-state index in [1.165, 1.54) is 7.11 Å². The van der Waals surface area contributed by atoms with Gasteiger partial charge in [0.2, 0.25) is 0 Å². The summed E-state index contributed by atoms with van der Waals surface area (Å²) in [6.45, 7) is 1.94. The summed E-state index contributed by atoms with van der Waals surface area (Å²) in [4.78, 5) is 10.2. The van der Waals surface area contributed by atoms with Gasteiger partial charge in [-0.25, -0.2) is 0 Å². The Kier molecular flexibility index (Phi) is 9.67. The molecule has 0 saturated carbocycles. The molecular weight excluding hydrogens is 99.0 g/mol. The van der Waals surface area contributed by atoms with Crippen LogP contribution in [0.3, 0.4) is 0 Å². The second-order valence-electron chi connectivity index (χ2n) is 1.33. The fourth-order valence-corrected chi connectivity index (χ4v) is 0.306. The molecule has 44 valence electrons. The molecule has 0 bridgehead atoms. The number of hydrogen-bond acceptors (Lipinski definition) is 2. The van der Waals surface area contributed by atoms with E-state index >= 15 is 0 Å². The zero-order chi connectivity index (χ0) is 5.70. The summed E-state index contributed by atoms with van der Waals surface area (Å²) in [7, 11) is 1.40. The first-order valence-electron chi connectivity index (χ1n) is 2.38. The van der Waals surface area contributed by atoms with Gasteiger partial charge in [-0.05, 0) is 6.42 Å². The molecule has 0 aliphatic rings. The molecule has 0 amide bonds. The van der Waals surface area contributed by atoms with Crippen molar-refractivity contribution in [1.29, 1.82) is 0 Å². The van der Waals surface area contributed by atoms with Crippen LogP contribution in [0.15, 0.2) is 0 Å². The molecule has 0 aromatic carbocycles. The van der Waals surface area contributed by atoms with Crippen LogP contribution in [0.1, 0.15) is 19.8 Å². The summed E-state index contributed by atoms with van der Waals surface area (Å²) in [6.07, 6.45) is 1.41. The van der Waals surface area contributed by atoms with Gasteiger partial charge in [0.15, 0.2) is 0 Å². The summed E-state index contributed by atoms with van der Waals surface area (Å²) in [5.41, 5.74) is 0. The molecule has 8 heavy (non-hydrogen) atoms. The SMILES string of the molecule is CCCC(=O)OC.[LiH]. The third-order valence-corrected chi connectivity index (χ3v) is 0.682. The van der Waals surface area contributed by atoms with E-state index in [0.29, 0.717) is 6.42 Å². The Morgan fingerprint density at radius 1 is 1.62 bits per heavy atom. The van der Waals surface area contributed by atoms with Crippen molar-refractivity contribution >= 4 is 24.8 Å². The molecule has 0 unspecified atom stereocenters. The van der Waals surface area contributed by atoms with Crippen LogP contribution in [-0.4, -0.2) is 31.9 Å². The first-order chi connectivity index (χ1) is 3.31. The molecule has 0 fully saturated rings. The zero-order valence-electron chi connectivity index (χ0n) is 4.73. The Labute approximate surface area is 61.8 Å². The van der Waals surface area contributed by atoms with Gasteiger partial charge in [0.05, 0.1) is 7.11 Å². The third-order valence-electron chi connectivity index (χ3n) is 0.682. The minimum absolute atomic E-state index is 0. The number of rotatable bonds is 2. The minimum atomic E-state index is -0.123. The van der Waals surface area contributed by atoms with Crippen LogP contribution in [-0.2, 0) is 9.53 Å². The molecule has 0 radical (unpaired) electrons. The predicted molar refractivity (Wildman–Crippen MR) is 34.1 cm³/mol. The standard InChI is InChI=1S/C5H10O2.Li.H/c1-3-4-5(6)7-2;;/h3-4H2,1-2H3;;. The molecule has 0 rings (SSSR count). The topological polar surface area (TPSA) is 26.3 Å². The van der Waals surface area contributed by atoms with Crippen molar-refractivity contribution in [3.63, 3.8) is 0 Å². The third kappa shape index (κ3) is 6.07. The zero-order valence-corrected chi connectivity index (χ0v) is 4.73. The summed E-state index contributed by atoms with van der Waals surface area (Å²) >= 11 is 0. The average Bonchev–Trinajstić information content (AvgIpc) is 1.68. The number of ether oxygens (including phenoxy) is 1. The van der Waals surface area contributed by atoms with E-state index in [4.69, 9.17) is 0 Å². The van der Waals surface area contributed by atoms with Crippen molar-refractivity contribution in [1.82, 2.24) is 0 Å². The van der Waals surface area contributed by atoms with Crippen molar-refractivity contribution in [2.45, 2.75) is 19.8 Å². The molecule has 0 aromatic heterocycles. The van der Waals surface area contributed by atoms with Crippen molar-refractivity contribution in [2.24, 2.45) is 0 Å². The van der Waals surface area contributed by atoms with Crippen molar-refractivity contribution in [2.75, 3.05) is 7.11 Å². The van der Waals surface area contributed by atoms with E-state index in [-0.39, 0.29) is 24.8 Å². The van der Waals surface area contributed by atoms with Gasteiger partial charge in [-0.2, -0.15) is 0 Å². The Balaban J connectivity index is 0. The normalized spacial score (nSPS) is 7.25. The second-order valence-corrected chi connectivity index (χ2v) is 1.33. The van der Waals surface area contributed by atoms with Crippen LogP contribution < -0.4 is 0 Å². The van der Waals surface area contributed by atoms with Gasteiger partial charge < -0.3 is 4.74 Å². The molecule has 0 heterocycles. The molecule has 0 spiro atoms. The predicted octanol–water partition coefficient (Wildman–Crippen LogP) is 0.311. The Morgan fingerprint density at radius 3 is 2.25 bits per heavy atom. The van der Waals surface area contributed by atoms with Crippen LogP contribution in [0, 0.1) is 0 Å². The quantitative estimate of drug-likeness (QED) is 0.377. The van der Waals surface area contributed by atoms with E-state index in [1.54, 1.807) is 0 Å². The van der Waals surface area contributed by atoms with E-state index < -0.39 is 0 Å². The van der Waals surface area contributed by atoms with E-state index in [1.807, 2.05) is 6.92 Å². The first kappa shape index (κ1) is 10.9. The van der Waals surface area contributed by atoms with Crippen LogP contribution in [0.5, 0.6) is 0 Å². The molecule has 0 N–H and O–H groups in total. The molecule has 0 atom stereocenters. The van der Waals surface area contributed by atoms with Crippen molar-refractivity contribution in [3.8, 4) is 0 Å². The van der Waals surface area contributed by atoms with Crippen LogP contribution in [0.4, 0.5) is 0 Å². The van der Waals surface area contributed by atoms with Gasteiger partial charge in [-0.1, -0.05) is 6.92 Å².